The number of piperidine rings is 1. The monoisotopic (exact) mass is 474 g/mol. The third-order valence-corrected chi connectivity index (χ3v) is 7.13. The van der Waals surface area contributed by atoms with Gasteiger partial charge in [0.15, 0.2) is 5.89 Å². The smallest absolute Gasteiger partial charge is 0.255 e. The van der Waals surface area contributed by atoms with Crippen molar-refractivity contribution in [2.45, 2.75) is 32.1 Å². The Balaban J connectivity index is 1.26. The van der Waals surface area contributed by atoms with Crippen LogP contribution >= 0.6 is 11.3 Å². The van der Waals surface area contributed by atoms with E-state index >= 15 is 0 Å². The molecule has 1 aliphatic rings. The van der Waals surface area contributed by atoms with Crippen LogP contribution in [0.25, 0.3) is 10.6 Å². The normalized spacial score (nSPS) is 15.9. The van der Waals surface area contributed by atoms with Crippen molar-refractivity contribution in [3.05, 3.63) is 82.8 Å². The first-order chi connectivity index (χ1) is 16.6. The third-order valence-electron chi connectivity index (χ3n) is 6.18. The molecular formula is C26H26N4O3S. The highest BCUT2D eigenvalue weighted by atomic mass is 32.1. The lowest BCUT2D eigenvalue weighted by atomic mass is 9.97. The van der Waals surface area contributed by atoms with E-state index in [1.165, 1.54) is 0 Å². The van der Waals surface area contributed by atoms with Crippen LogP contribution in [0.15, 0.2) is 58.7 Å². The summed E-state index contributed by atoms with van der Waals surface area (Å²) in [6.45, 7) is 3.27. The fourth-order valence-electron chi connectivity index (χ4n) is 4.38. The highest BCUT2D eigenvalue weighted by molar-refractivity contribution is 7.13. The number of likely N-dealkylation sites (tertiary alicyclic amines) is 1. The molecule has 1 aliphatic heterocycles. The molecule has 0 unspecified atom stereocenters. The van der Waals surface area contributed by atoms with Gasteiger partial charge in [-0.25, -0.2) is 9.97 Å². The summed E-state index contributed by atoms with van der Waals surface area (Å²) >= 11 is 1.55. The van der Waals surface area contributed by atoms with Crippen molar-refractivity contribution in [3.8, 4) is 16.3 Å². The first-order valence-electron chi connectivity index (χ1n) is 11.3. The van der Waals surface area contributed by atoms with Gasteiger partial charge in [0.2, 0.25) is 0 Å². The molecule has 174 valence electrons. The van der Waals surface area contributed by atoms with Gasteiger partial charge < -0.3 is 14.1 Å². The molecule has 1 amide bonds. The van der Waals surface area contributed by atoms with E-state index in [1.807, 2.05) is 53.7 Å². The highest BCUT2D eigenvalue weighted by Gasteiger charge is 2.28. The summed E-state index contributed by atoms with van der Waals surface area (Å²) in [5, 5.41) is 0. The van der Waals surface area contributed by atoms with Crippen LogP contribution in [0.5, 0.6) is 5.75 Å². The van der Waals surface area contributed by atoms with Crippen molar-refractivity contribution >= 4 is 17.2 Å². The Bertz CT molecular complexity index is 1280. The zero-order chi connectivity index (χ0) is 23.5. The Morgan fingerprint density at radius 2 is 2.06 bits per heavy atom. The maximum atomic E-state index is 13.2. The van der Waals surface area contributed by atoms with E-state index < -0.39 is 0 Å². The number of amides is 1. The number of hydrogen-bond acceptors (Lipinski definition) is 7. The number of methoxy groups -OCH3 is 1. The average Bonchev–Trinajstić information content (AvgIpc) is 3.53. The van der Waals surface area contributed by atoms with Crippen molar-refractivity contribution in [1.29, 1.82) is 0 Å². The third kappa shape index (κ3) is 4.59. The predicted molar refractivity (Wildman–Crippen MR) is 130 cm³/mol. The Hall–Kier alpha value is -3.52. The van der Waals surface area contributed by atoms with E-state index in [9.17, 15) is 4.79 Å². The van der Waals surface area contributed by atoms with Crippen molar-refractivity contribution in [2.75, 3.05) is 20.2 Å². The van der Waals surface area contributed by atoms with Gasteiger partial charge in [-0.15, -0.1) is 11.3 Å². The quantitative estimate of drug-likeness (QED) is 0.386. The molecule has 0 saturated carbocycles. The summed E-state index contributed by atoms with van der Waals surface area (Å²) in [6.07, 6.45) is 5.92. The number of rotatable bonds is 6. The molecule has 8 heteroatoms. The van der Waals surface area contributed by atoms with E-state index in [4.69, 9.17) is 9.15 Å². The van der Waals surface area contributed by atoms with Gasteiger partial charge in [-0.05, 0) is 38.0 Å². The van der Waals surface area contributed by atoms with E-state index in [1.54, 1.807) is 30.8 Å². The number of hydrogen-bond donors (Lipinski definition) is 0. The molecule has 1 atom stereocenters. The molecule has 0 N–H and O–H groups in total. The zero-order valence-corrected chi connectivity index (χ0v) is 20.0. The topological polar surface area (TPSA) is 81.4 Å². The molecule has 3 aromatic heterocycles. The minimum atomic E-state index is -0.00872. The molecule has 4 aromatic rings. The molecule has 0 aliphatic carbocycles. The molecule has 1 aromatic carbocycles. The second kappa shape index (κ2) is 9.77. The van der Waals surface area contributed by atoms with E-state index in [-0.39, 0.29) is 11.8 Å². The molecule has 1 saturated heterocycles. The van der Waals surface area contributed by atoms with Crippen molar-refractivity contribution in [3.63, 3.8) is 0 Å². The predicted octanol–water partition coefficient (Wildman–Crippen LogP) is 5.12. The molecule has 7 nitrogen and oxygen atoms in total. The Morgan fingerprint density at radius 1 is 1.18 bits per heavy atom. The van der Waals surface area contributed by atoms with Crippen molar-refractivity contribution in [1.82, 2.24) is 19.9 Å². The summed E-state index contributed by atoms with van der Waals surface area (Å²) in [6, 6.07) is 11.6. The number of benzene rings is 1. The number of ether oxygens (including phenoxy) is 1. The second-order valence-corrected chi connectivity index (χ2v) is 9.30. The molecule has 5 rings (SSSR count). The number of nitrogens with zero attached hydrogens (tertiary/aromatic N) is 4. The Morgan fingerprint density at radius 3 is 2.82 bits per heavy atom. The maximum Gasteiger partial charge on any atom is 0.255 e. The Kier molecular flexibility index (Phi) is 6.40. The zero-order valence-electron chi connectivity index (χ0n) is 19.2. The van der Waals surface area contributed by atoms with E-state index in [0.717, 1.165) is 52.7 Å². The molecule has 0 radical (unpaired) electrons. The van der Waals surface area contributed by atoms with Gasteiger partial charge in [0.05, 0.1) is 46.6 Å². The number of carbonyl (C=O) groups is 1. The van der Waals surface area contributed by atoms with Crippen LogP contribution in [0.4, 0.5) is 0 Å². The number of oxazole rings is 1. The standard InChI is InChI=1S/C26H26N4O3S/c1-17-24(34-16-29-17)22-10-9-19(13-27-22)26(31)30-11-5-7-20(15-30)25-28-14-21(33-25)12-18-6-3-4-8-23(18)32-2/h3-4,6,8-10,13-14,16,20H,5,7,11-12,15H2,1-2H3/t20-/m0/s1. The number of aromatic nitrogens is 3. The number of pyridine rings is 1. The maximum absolute atomic E-state index is 13.2. The Labute approximate surface area is 202 Å². The lowest BCUT2D eigenvalue weighted by Gasteiger charge is -2.31. The molecule has 34 heavy (non-hydrogen) atoms. The molecule has 0 spiro atoms. The van der Waals surface area contributed by atoms with Gasteiger partial charge >= 0.3 is 0 Å². The fourth-order valence-corrected chi connectivity index (χ4v) is 5.16. The van der Waals surface area contributed by atoms with E-state index in [2.05, 4.69) is 15.0 Å². The number of carbonyl (C=O) groups excluding carboxylic acids is 1. The van der Waals surface area contributed by atoms with Gasteiger partial charge in [-0.2, -0.15) is 0 Å². The highest BCUT2D eigenvalue weighted by Crippen LogP contribution is 2.30. The number of aryl methyl sites for hydroxylation is 1. The number of thiazole rings is 1. The van der Waals surface area contributed by atoms with Crippen LogP contribution in [0, 0.1) is 6.92 Å². The van der Waals surface area contributed by atoms with Crippen molar-refractivity contribution in [2.24, 2.45) is 0 Å². The van der Waals surface area contributed by atoms with Crippen LogP contribution in [0.3, 0.4) is 0 Å². The molecule has 4 heterocycles. The summed E-state index contributed by atoms with van der Waals surface area (Å²) in [4.78, 5) is 29.4. The van der Waals surface area contributed by atoms with Crippen molar-refractivity contribution < 1.29 is 13.9 Å². The van der Waals surface area contributed by atoms with Gasteiger partial charge in [0, 0.05) is 31.3 Å². The van der Waals surface area contributed by atoms with Crippen LogP contribution in [-0.2, 0) is 6.42 Å². The summed E-state index contributed by atoms with van der Waals surface area (Å²) in [5.74, 6) is 2.39. The summed E-state index contributed by atoms with van der Waals surface area (Å²) in [7, 11) is 1.67. The fraction of sp³-hybridized carbons (Fsp3) is 0.308. The van der Waals surface area contributed by atoms with Crippen LogP contribution in [-0.4, -0.2) is 46.0 Å². The lowest BCUT2D eigenvalue weighted by molar-refractivity contribution is 0.0697. The molecule has 0 bridgehead atoms. The van der Waals surface area contributed by atoms with Gasteiger partial charge in [-0.3, -0.25) is 9.78 Å². The minimum absolute atomic E-state index is 0.00872. The molecule has 1 fully saturated rings. The first kappa shape index (κ1) is 22.3. The largest absolute Gasteiger partial charge is 0.496 e. The van der Waals surface area contributed by atoms with Crippen LogP contribution in [0.1, 0.15) is 52.0 Å². The van der Waals surface area contributed by atoms with E-state index in [0.29, 0.717) is 24.4 Å². The first-order valence-corrected chi connectivity index (χ1v) is 12.2. The van der Waals surface area contributed by atoms with Gasteiger partial charge in [0.1, 0.15) is 11.5 Å². The average molecular weight is 475 g/mol. The van der Waals surface area contributed by atoms with Gasteiger partial charge in [0.25, 0.3) is 5.91 Å². The lowest BCUT2D eigenvalue weighted by Crippen LogP contribution is -2.39. The molecular weight excluding hydrogens is 448 g/mol. The van der Waals surface area contributed by atoms with Gasteiger partial charge in [-0.1, -0.05) is 18.2 Å². The number of para-hydroxylation sites is 1. The SMILES string of the molecule is COc1ccccc1Cc1cnc([C@H]2CCCN(C(=O)c3ccc(-c4scnc4C)nc3)C2)o1. The van der Waals surface area contributed by atoms with Crippen LogP contribution in [0.2, 0.25) is 0 Å². The summed E-state index contributed by atoms with van der Waals surface area (Å²) < 4.78 is 11.6. The van der Waals surface area contributed by atoms with Crippen LogP contribution < -0.4 is 4.74 Å². The summed E-state index contributed by atoms with van der Waals surface area (Å²) in [5.41, 5.74) is 5.25. The minimum Gasteiger partial charge on any atom is -0.496 e. The second-order valence-electron chi connectivity index (χ2n) is 8.44.